The van der Waals surface area contributed by atoms with Crippen molar-refractivity contribution in [2.75, 3.05) is 40.6 Å². The van der Waals surface area contributed by atoms with Gasteiger partial charge in [-0.2, -0.15) is 9.79 Å². The van der Waals surface area contributed by atoms with Crippen molar-refractivity contribution in [1.29, 1.82) is 5.26 Å². The van der Waals surface area contributed by atoms with Gasteiger partial charge in [-0.1, -0.05) is 54.6 Å². The number of hydrogen-bond acceptors (Lipinski definition) is 12. The number of ether oxygens (including phenoxy) is 5. The smallest absolute Gasteiger partial charge is 0.347 e. The normalized spacial score (nSPS) is 19.0. The first-order chi connectivity index (χ1) is 28.7. The highest BCUT2D eigenvalue weighted by Crippen LogP contribution is 2.64. The lowest BCUT2D eigenvalue weighted by Crippen LogP contribution is -2.46. The van der Waals surface area contributed by atoms with Crippen molar-refractivity contribution in [2.24, 2.45) is 0 Å². The molecule has 1 amide bonds. The van der Waals surface area contributed by atoms with E-state index < -0.39 is 49.3 Å². The van der Waals surface area contributed by atoms with Gasteiger partial charge in [-0.05, 0) is 75.6 Å². The number of nitriles is 1. The van der Waals surface area contributed by atoms with E-state index >= 15 is 0 Å². The molecule has 15 nitrogen and oxygen atoms in total. The first-order valence-corrected chi connectivity index (χ1v) is 21.8. The minimum Gasteiger partial charge on any atom is -0.497 e. The zero-order chi connectivity index (χ0) is 43.6. The third-order valence-electron chi connectivity index (χ3n) is 10.5. The molecule has 1 unspecified atom stereocenters. The van der Waals surface area contributed by atoms with Crippen molar-refractivity contribution >= 4 is 13.8 Å². The van der Waals surface area contributed by atoms with Crippen LogP contribution in [0, 0.1) is 18.3 Å². The van der Waals surface area contributed by atoms with Crippen LogP contribution in [0.3, 0.4) is 0 Å². The Hall–Kier alpha value is -4.91. The molecule has 0 radical (unpaired) electrons. The van der Waals surface area contributed by atoms with E-state index in [1.807, 2.05) is 111 Å². The highest BCUT2D eigenvalue weighted by atomic mass is 31.2. The number of carbonyl (C=O) groups is 1. The van der Waals surface area contributed by atoms with E-state index in [-0.39, 0.29) is 55.8 Å². The Morgan fingerprint density at radius 1 is 0.950 bits per heavy atom. The number of aromatic amines is 1. The van der Waals surface area contributed by atoms with Crippen LogP contribution in [0.1, 0.15) is 69.0 Å². The van der Waals surface area contributed by atoms with E-state index in [4.69, 9.17) is 28.2 Å². The lowest BCUT2D eigenvalue weighted by molar-refractivity contribution is -0.124. The van der Waals surface area contributed by atoms with Crippen LogP contribution in [0.25, 0.3) is 0 Å². The molecule has 0 spiro atoms. The number of benzene rings is 3. The average Bonchev–Trinajstić information content (AvgIpc) is 3.57. The molecule has 60 heavy (non-hydrogen) atoms. The fraction of sp³-hybridized carbons (Fsp3) is 0.455. The fourth-order valence-corrected chi connectivity index (χ4v) is 10.7. The van der Waals surface area contributed by atoms with Crippen molar-refractivity contribution in [2.45, 2.75) is 89.7 Å². The molecule has 1 aliphatic heterocycles. The lowest BCUT2D eigenvalue weighted by atomic mass is 9.80. The van der Waals surface area contributed by atoms with Crippen LogP contribution < -0.4 is 26.0 Å². The van der Waals surface area contributed by atoms with E-state index in [1.54, 1.807) is 21.1 Å². The van der Waals surface area contributed by atoms with Crippen LogP contribution in [0.5, 0.6) is 11.5 Å². The van der Waals surface area contributed by atoms with Crippen LogP contribution in [0.4, 0.5) is 0 Å². The number of methoxy groups -OCH3 is 2. The average molecular weight is 847 g/mol. The monoisotopic (exact) mass is 846 g/mol. The topological polar surface area (TPSA) is 187 Å². The van der Waals surface area contributed by atoms with Crippen molar-refractivity contribution < 1.29 is 37.9 Å². The molecule has 1 aliphatic rings. The van der Waals surface area contributed by atoms with Gasteiger partial charge in [0.2, 0.25) is 5.91 Å². The van der Waals surface area contributed by atoms with Gasteiger partial charge in [0.1, 0.15) is 35.5 Å². The maximum Gasteiger partial charge on any atom is 0.347 e. The van der Waals surface area contributed by atoms with E-state index in [1.165, 1.54) is 17.8 Å². The zero-order valence-electron chi connectivity index (χ0n) is 35.5. The molecule has 322 valence electrons. The molecular weight excluding hydrogens is 789 g/mol. The molecule has 0 bridgehead atoms. The zero-order valence-corrected chi connectivity index (χ0v) is 36.4. The van der Waals surface area contributed by atoms with E-state index in [9.17, 15) is 24.5 Å². The summed E-state index contributed by atoms with van der Waals surface area (Å²) < 4.78 is 41.7. The van der Waals surface area contributed by atoms with Gasteiger partial charge in [0.05, 0.1) is 39.9 Å². The summed E-state index contributed by atoms with van der Waals surface area (Å²) in [4.78, 5) is 53.7. The number of hydrogen-bond donors (Lipinski definition) is 3. The van der Waals surface area contributed by atoms with Crippen LogP contribution in [0.15, 0.2) is 94.6 Å². The van der Waals surface area contributed by atoms with Gasteiger partial charge in [0.15, 0.2) is 12.3 Å². The van der Waals surface area contributed by atoms with Crippen molar-refractivity contribution in [3.63, 3.8) is 0 Å². The molecule has 0 saturated carbocycles. The lowest BCUT2D eigenvalue weighted by Gasteiger charge is -2.39. The Labute approximate surface area is 351 Å². The molecular formula is C44H57N5O10P+. The third-order valence-corrected chi connectivity index (χ3v) is 13.5. The van der Waals surface area contributed by atoms with Crippen LogP contribution in [0.2, 0.25) is 0 Å². The van der Waals surface area contributed by atoms with Gasteiger partial charge in [-0.3, -0.25) is 19.1 Å². The standard InChI is InChI=1S/C44H56N5O10P/c1-29(2)49(30(3)4)60(53,26-12-24-45)59-39-37(58-42(40(39)56-25-23-38(50)46-6)48-27-31(5)41(51)47-43(48)52)28-57-44(32-13-10-9-11-14-32,33-15-19-35(54-7)20-16-33)34-17-21-36(55-8)22-18-34/h9-11,13-22,27,29-30,37,39-40,42,53H,12,23,25-26,28H2,1-8H3,(H-,46,47,50,51,52)/p+1/t37-,39-,40-,42-,60?/m1/s1. The summed E-state index contributed by atoms with van der Waals surface area (Å²) >= 11 is 0. The summed E-state index contributed by atoms with van der Waals surface area (Å²) in [6.07, 6.45) is -3.19. The molecule has 3 N–H and O–H groups in total. The van der Waals surface area contributed by atoms with Crippen molar-refractivity contribution in [3.05, 3.63) is 128 Å². The molecule has 5 atom stereocenters. The summed E-state index contributed by atoms with van der Waals surface area (Å²) in [5, 5.41) is 12.4. The number of nitrogens with zero attached hydrogens (tertiary/aromatic N) is 3. The second-order valence-electron chi connectivity index (χ2n) is 15.1. The molecule has 3 aromatic carbocycles. The Morgan fingerprint density at radius 3 is 2.03 bits per heavy atom. The summed E-state index contributed by atoms with van der Waals surface area (Å²) in [5.41, 5.74) is -0.0884. The van der Waals surface area contributed by atoms with Crippen LogP contribution in [-0.2, 0) is 29.1 Å². The molecule has 4 aromatic rings. The van der Waals surface area contributed by atoms with Gasteiger partial charge in [-0.15, -0.1) is 4.67 Å². The number of H-pyrrole nitrogens is 1. The first-order valence-electron chi connectivity index (χ1n) is 20.0. The number of aromatic nitrogens is 2. The second kappa shape index (κ2) is 20.6. The Balaban J connectivity index is 1.72. The number of aryl methyl sites for hydroxylation is 1. The minimum atomic E-state index is -3.65. The minimum absolute atomic E-state index is 0.00290. The number of carbonyl (C=O) groups excluding carboxylic acids is 1. The molecule has 2 heterocycles. The van der Waals surface area contributed by atoms with Gasteiger partial charge >= 0.3 is 13.6 Å². The van der Waals surface area contributed by atoms with E-state index in [0.717, 1.165) is 16.7 Å². The maximum absolute atomic E-state index is 13.6. The Morgan fingerprint density at radius 2 is 1.52 bits per heavy atom. The highest BCUT2D eigenvalue weighted by Gasteiger charge is 2.58. The van der Waals surface area contributed by atoms with Crippen LogP contribution in [-0.4, -0.2) is 96.1 Å². The quantitative estimate of drug-likeness (QED) is 0.0755. The molecule has 5 rings (SSSR count). The summed E-state index contributed by atoms with van der Waals surface area (Å²) in [6, 6.07) is 26.5. The highest BCUT2D eigenvalue weighted by molar-refractivity contribution is 7.63. The van der Waals surface area contributed by atoms with E-state index in [0.29, 0.717) is 11.5 Å². The van der Waals surface area contributed by atoms with Gasteiger partial charge in [-0.25, -0.2) is 9.69 Å². The summed E-state index contributed by atoms with van der Waals surface area (Å²) in [7, 11) is 1.05. The number of nitrogens with one attached hydrogen (secondary N) is 2. The third kappa shape index (κ3) is 10.2. The molecule has 0 aliphatic carbocycles. The largest absolute Gasteiger partial charge is 0.497 e. The maximum atomic E-state index is 13.6. The second-order valence-corrected chi connectivity index (χ2v) is 17.5. The summed E-state index contributed by atoms with van der Waals surface area (Å²) in [5.74, 6) is 1.00. The molecule has 1 fully saturated rings. The van der Waals surface area contributed by atoms with Crippen LogP contribution >= 0.6 is 7.87 Å². The van der Waals surface area contributed by atoms with Crippen molar-refractivity contribution in [3.8, 4) is 17.6 Å². The Kier molecular flexibility index (Phi) is 15.8. The number of rotatable bonds is 20. The molecule has 1 aromatic heterocycles. The van der Waals surface area contributed by atoms with Gasteiger partial charge in [0, 0.05) is 37.3 Å². The van der Waals surface area contributed by atoms with E-state index in [2.05, 4.69) is 16.4 Å². The SMILES string of the molecule is CNC(=O)CCO[C@@H]1[C@H](O[P+](O)(CCC#N)N(C(C)C)C(C)C)[C@@H](COC(c2ccccc2)(c2ccc(OC)cc2)c2ccc(OC)cc2)O[C@H]1n1cc(C)c(=O)[nH]c1=O. The van der Waals surface area contributed by atoms with Gasteiger partial charge in [0.25, 0.3) is 5.56 Å². The Bertz CT molecular complexity index is 2120. The predicted molar refractivity (Wildman–Crippen MR) is 228 cm³/mol. The fourth-order valence-electron chi connectivity index (χ4n) is 7.77. The van der Waals surface area contributed by atoms with Gasteiger partial charge < -0.3 is 29.0 Å². The summed E-state index contributed by atoms with van der Waals surface area (Å²) in [6.45, 7) is 9.02. The number of amides is 1. The predicted octanol–water partition coefficient (Wildman–Crippen LogP) is 5.46. The first kappa shape index (κ1) is 46.2. The molecule has 1 saturated heterocycles. The molecule has 16 heteroatoms. The van der Waals surface area contributed by atoms with Crippen molar-refractivity contribution in [1.82, 2.24) is 19.5 Å².